The van der Waals surface area contributed by atoms with Gasteiger partial charge in [0.15, 0.2) is 0 Å². The third-order valence-corrected chi connectivity index (χ3v) is 4.51. The van der Waals surface area contributed by atoms with Crippen molar-refractivity contribution in [1.82, 2.24) is 9.55 Å². The van der Waals surface area contributed by atoms with Crippen molar-refractivity contribution in [1.29, 1.82) is 0 Å². The minimum atomic E-state index is -0.0733. The predicted molar refractivity (Wildman–Crippen MR) is 83.7 cm³/mol. The number of rotatable bonds is 4. The van der Waals surface area contributed by atoms with E-state index < -0.39 is 0 Å². The zero-order valence-electron chi connectivity index (χ0n) is 11.8. The second-order valence-corrected chi connectivity index (χ2v) is 6.01. The van der Waals surface area contributed by atoms with E-state index in [1.165, 1.54) is 0 Å². The Morgan fingerprint density at radius 2 is 2.38 bits per heavy atom. The Bertz CT molecular complexity index is 623. The quantitative estimate of drug-likeness (QED) is 0.919. The molecule has 2 aromatic rings. The molecule has 2 unspecified atom stereocenters. The Labute approximate surface area is 132 Å². The Morgan fingerprint density at radius 3 is 3.05 bits per heavy atom. The lowest BCUT2D eigenvalue weighted by Gasteiger charge is -2.19. The minimum Gasteiger partial charge on any atom is -0.496 e. The van der Waals surface area contributed by atoms with E-state index in [-0.39, 0.29) is 6.04 Å². The molecule has 0 bridgehead atoms. The van der Waals surface area contributed by atoms with Crippen molar-refractivity contribution in [2.24, 2.45) is 11.7 Å². The zero-order valence-corrected chi connectivity index (χ0v) is 13.4. The van der Waals surface area contributed by atoms with Crippen molar-refractivity contribution >= 4 is 15.9 Å². The number of imidazole rings is 1. The number of hydrogen-bond acceptors (Lipinski definition) is 4. The number of methoxy groups -OCH3 is 1. The van der Waals surface area contributed by atoms with Gasteiger partial charge in [0.2, 0.25) is 0 Å². The van der Waals surface area contributed by atoms with Gasteiger partial charge < -0.3 is 19.8 Å². The van der Waals surface area contributed by atoms with Crippen molar-refractivity contribution in [2.45, 2.75) is 12.5 Å². The highest BCUT2D eigenvalue weighted by molar-refractivity contribution is 9.10. The average molecular weight is 352 g/mol. The maximum atomic E-state index is 6.40. The Hall–Kier alpha value is -1.37. The first-order valence-corrected chi connectivity index (χ1v) is 7.69. The Morgan fingerprint density at radius 1 is 1.52 bits per heavy atom. The van der Waals surface area contributed by atoms with Crippen LogP contribution in [0.15, 0.2) is 35.2 Å². The van der Waals surface area contributed by atoms with Crippen LogP contribution in [0.2, 0.25) is 0 Å². The van der Waals surface area contributed by atoms with Gasteiger partial charge in [-0.1, -0.05) is 0 Å². The van der Waals surface area contributed by atoms with Gasteiger partial charge in [-0.15, -0.1) is 0 Å². The molecule has 5 nitrogen and oxygen atoms in total. The molecule has 2 N–H and O–H groups in total. The van der Waals surface area contributed by atoms with Gasteiger partial charge in [-0.05, 0) is 40.5 Å². The summed E-state index contributed by atoms with van der Waals surface area (Å²) < 4.78 is 13.6. The monoisotopic (exact) mass is 351 g/mol. The summed E-state index contributed by atoms with van der Waals surface area (Å²) in [6.07, 6.45) is 4.62. The molecule has 0 amide bonds. The SMILES string of the molecule is COc1ccc(-n2cncc2C(N)C2CCOC2)cc1Br. The fourth-order valence-corrected chi connectivity index (χ4v) is 3.18. The van der Waals surface area contributed by atoms with Crippen LogP contribution in [0.4, 0.5) is 0 Å². The van der Waals surface area contributed by atoms with Gasteiger partial charge in [0.1, 0.15) is 5.75 Å². The molecule has 1 aromatic carbocycles. The summed E-state index contributed by atoms with van der Waals surface area (Å²) in [5.41, 5.74) is 8.41. The topological polar surface area (TPSA) is 62.3 Å². The van der Waals surface area contributed by atoms with Gasteiger partial charge in [0, 0.05) is 18.2 Å². The molecular weight excluding hydrogens is 334 g/mol. The number of benzene rings is 1. The highest BCUT2D eigenvalue weighted by Gasteiger charge is 2.26. The average Bonchev–Trinajstić information content (AvgIpc) is 3.17. The maximum absolute atomic E-state index is 6.40. The van der Waals surface area contributed by atoms with E-state index in [9.17, 15) is 0 Å². The van der Waals surface area contributed by atoms with E-state index in [4.69, 9.17) is 15.2 Å². The van der Waals surface area contributed by atoms with Gasteiger partial charge in [-0.2, -0.15) is 0 Å². The number of halogens is 1. The molecule has 21 heavy (non-hydrogen) atoms. The van der Waals surface area contributed by atoms with Crippen molar-refractivity contribution in [2.75, 3.05) is 20.3 Å². The zero-order chi connectivity index (χ0) is 14.8. The number of aromatic nitrogens is 2. The van der Waals surface area contributed by atoms with Crippen LogP contribution in [-0.2, 0) is 4.74 Å². The fourth-order valence-electron chi connectivity index (χ4n) is 2.65. The lowest BCUT2D eigenvalue weighted by Crippen LogP contribution is -2.24. The van der Waals surface area contributed by atoms with Gasteiger partial charge in [-0.3, -0.25) is 0 Å². The van der Waals surface area contributed by atoms with Crippen molar-refractivity contribution in [3.8, 4) is 11.4 Å². The van der Waals surface area contributed by atoms with Crippen LogP contribution in [-0.4, -0.2) is 29.9 Å². The fraction of sp³-hybridized carbons (Fsp3) is 0.400. The normalized spacial score (nSPS) is 19.7. The second kappa shape index (κ2) is 6.17. The molecule has 0 radical (unpaired) electrons. The van der Waals surface area contributed by atoms with Gasteiger partial charge in [0.25, 0.3) is 0 Å². The number of hydrogen-bond donors (Lipinski definition) is 1. The summed E-state index contributed by atoms with van der Waals surface area (Å²) in [6.45, 7) is 1.51. The summed E-state index contributed by atoms with van der Waals surface area (Å²) in [4.78, 5) is 4.26. The third-order valence-electron chi connectivity index (χ3n) is 3.89. The van der Waals surface area contributed by atoms with Crippen molar-refractivity contribution in [3.05, 3.63) is 40.9 Å². The number of ether oxygens (including phenoxy) is 2. The first kappa shape index (κ1) is 14.6. The molecule has 0 aliphatic carbocycles. The molecule has 1 saturated heterocycles. The second-order valence-electron chi connectivity index (χ2n) is 5.16. The lowest BCUT2D eigenvalue weighted by atomic mass is 9.97. The van der Waals surface area contributed by atoms with Gasteiger partial charge in [0.05, 0.1) is 42.4 Å². The third kappa shape index (κ3) is 2.84. The summed E-state index contributed by atoms with van der Waals surface area (Å²) in [6, 6.07) is 5.85. The number of nitrogens with two attached hydrogens (primary N) is 1. The Kier molecular flexibility index (Phi) is 4.28. The summed E-state index contributed by atoms with van der Waals surface area (Å²) in [7, 11) is 1.65. The molecule has 2 heterocycles. The molecule has 1 aromatic heterocycles. The largest absolute Gasteiger partial charge is 0.496 e. The molecule has 1 fully saturated rings. The molecule has 2 atom stereocenters. The summed E-state index contributed by atoms with van der Waals surface area (Å²) in [5.74, 6) is 1.15. The summed E-state index contributed by atoms with van der Waals surface area (Å²) >= 11 is 3.51. The van der Waals surface area contributed by atoms with E-state index in [2.05, 4.69) is 20.9 Å². The first-order chi connectivity index (χ1) is 10.2. The molecule has 112 valence electrons. The molecule has 1 aliphatic heterocycles. The highest BCUT2D eigenvalue weighted by atomic mass is 79.9. The smallest absolute Gasteiger partial charge is 0.133 e. The van der Waals surface area contributed by atoms with Crippen LogP contribution in [0, 0.1) is 5.92 Å². The molecule has 3 rings (SSSR count). The van der Waals surface area contributed by atoms with Gasteiger partial charge >= 0.3 is 0 Å². The number of nitrogens with zero attached hydrogens (tertiary/aromatic N) is 2. The van der Waals surface area contributed by atoms with Crippen molar-refractivity contribution in [3.63, 3.8) is 0 Å². The van der Waals surface area contributed by atoms with Crippen LogP contribution < -0.4 is 10.5 Å². The van der Waals surface area contributed by atoms with Crippen LogP contribution >= 0.6 is 15.9 Å². The van der Waals surface area contributed by atoms with E-state index in [0.29, 0.717) is 5.92 Å². The molecule has 0 saturated carbocycles. The molecule has 6 heteroatoms. The van der Waals surface area contributed by atoms with Crippen LogP contribution in [0.5, 0.6) is 5.75 Å². The highest BCUT2D eigenvalue weighted by Crippen LogP contribution is 2.31. The molecular formula is C15H18BrN3O2. The van der Waals surface area contributed by atoms with Crippen LogP contribution in [0.3, 0.4) is 0 Å². The maximum Gasteiger partial charge on any atom is 0.133 e. The van der Waals surface area contributed by atoms with E-state index in [0.717, 1.165) is 41.2 Å². The first-order valence-electron chi connectivity index (χ1n) is 6.90. The van der Waals surface area contributed by atoms with E-state index in [1.54, 1.807) is 13.4 Å². The molecule has 0 spiro atoms. The van der Waals surface area contributed by atoms with Crippen LogP contribution in [0.25, 0.3) is 5.69 Å². The minimum absolute atomic E-state index is 0.0733. The predicted octanol–water partition coefficient (Wildman–Crippen LogP) is 2.68. The van der Waals surface area contributed by atoms with Crippen LogP contribution in [0.1, 0.15) is 18.2 Å². The van der Waals surface area contributed by atoms with Crippen molar-refractivity contribution < 1.29 is 9.47 Å². The Balaban J connectivity index is 1.93. The van der Waals surface area contributed by atoms with E-state index >= 15 is 0 Å². The standard InChI is InChI=1S/C15H18BrN3O2/c1-20-14-3-2-11(6-12(14)16)19-9-18-7-13(19)15(17)10-4-5-21-8-10/h2-3,6-7,9-10,15H,4-5,8,17H2,1H3. The summed E-state index contributed by atoms with van der Waals surface area (Å²) in [5, 5.41) is 0. The lowest BCUT2D eigenvalue weighted by molar-refractivity contribution is 0.180. The molecule has 1 aliphatic rings. The van der Waals surface area contributed by atoms with Gasteiger partial charge in [-0.25, -0.2) is 4.98 Å². The van der Waals surface area contributed by atoms with E-state index in [1.807, 2.05) is 29.0 Å².